The fourth-order valence-electron chi connectivity index (χ4n) is 2.15. The van der Waals surface area contributed by atoms with E-state index in [9.17, 15) is 4.79 Å². The molecule has 0 fully saturated rings. The Morgan fingerprint density at radius 2 is 2.00 bits per heavy atom. The highest BCUT2D eigenvalue weighted by Crippen LogP contribution is 2.19. The Hall–Kier alpha value is -2.52. The van der Waals surface area contributed by atoms with Gasteiger partial charge >= 0.3 is 0 Å². The minimum atomic E-state index is -0.192. The van der Waals surface area contributed by atoms with Gasteiger partial charge in [-0.3, -0.25) is 4.79 Å². The quantitative estimate of drug-likeness (QED) is 0.688. The Bertz CT molecular complexity index is 820. The van der Waals surface area contributed by atoms with Crippen LogP contribution in [-0.2, 0) is 4.79 Å². The number of rotatable bonds is 3. The van der Waals surface area contributed by atoms with Crippen LogP contribution in [0.25, 0.3) is 17.0 Å². The minimum absolute atomic E-state index is 0.192. The monoisotopic (exact) mass is 296 g/mol. The van der Waals surface area contributed by atoms with E-state index in [4.69, 9.17) is 11.6 Å². The molecule has 0 atom stereocenters. The third-order valence-corrected chi connectivity index (χ3v) is 3.36. The van der Waals surface area contributed by atoms with Crippen LogP contribution >= 0.6 is 11.6 Å². The number of para-hydroxylation sites is 1. The number of H-pyrrole nitrogens is 1. The number of aromatic amines is 1. The molecule has 2 aromatic carbocycles. The van der Waals surface area contributed by atoms with Gasteiger partial charge < -0.3 is 10.3 Å². The maximum atomic E-state index is 11.9. The second-order valence-corrected chi connectivity index (χ2v) is 5.06. The van der Waals surface area contributed by atoms with Crippen LogP contribution in [0.1, 0.15) is 5.56 Å². The van der Waals surface area contributed by atoms with Crippen LogP contribution in [0.5, 0.6) is 0 Å². The summed E-state index contributed by atoms with van der Waals surface area (Å²) in [7, 11) is 0. The predicted molar refractivity (Wildman–Crippen MR) is 87.4 cm³/mol. The van der Waals surface area contributed by atoms with Gasteiger partial charge in [-0.1, -0.05) is 35.9 Å². The molecule has 0 aliphatic rings. The predicted octanol–water partition coefficient (Wildman–Crippen LogP) is 4.47. The molecule has 2 N–H and O–H groups in total. The van der Waals surface area contributed by atoms with E-state index in [2.05, 4.69) is 10.3 Å². The molecule has 3 rings (SSSR count). The zero-order valence-electron chi connectivity index (χ0n) is 11.1. The molecule has 1 aromatic heterocycles. The number of nitrogens with one attached hydrogen (secondary N) is 2. The number of amides is 1. The van der Waals surface area contributed by atoms with E-state index in [1.165, 1.54) is 6.08 Å². The number of fused-ring (bicyclic) bond motifs is 1. The molecule has 3 nitrogen and oxygen atoms in total. The fraction of sp³-hybridized carbons (Fsp3) is 0. The summed E-state index contributed by atoms with van der Waals surface area (Å²) < 4.78 is 0. The Kier molecular flexibility index (Phi) is 3.75. The highest BCUT2D eigenvalue weighted by atomic mass is 35.5. The molecule has 0 unspecified atom stereocenters. The number of carbonyl (C=O) groups is 1. The molecule has 3 aromatic rings. The van der Waals surface area contributed by atoms with Crippen molar-refractivity contribution in [2.24, 2.45) is 0 Å². The number of carbonyl (C=O) groups excluding carboxylic acids is 1. The lowest BCUT2D eigenvalue weighted by Crippen LogP contribution is -2.07. The average Bonchev–Trinajstić information content (AvgIpc) is 2.88. The summed E-state index contributed by atoms with van der Waals surface area (Å²) >= 11 is 5.88. The Labute approximate surface area is 127 Å². The van der Waals surface area contributed by atoms with Gasteiger partial charge in [0.15, 0.2) is 0 Å². The lowest BCUT2D eigenvalue weighted by molar-refractivity contribution is -0.111. The third-order valence-electron chi connectivity index (χ3n) is 3.13. The van der Waals surface area contributed by atoms with Crippen molar-refractivity contribution in [2.75, 3.05) is 5.32 Å². The summed E-state index contributed by atoms with van der Waals surface area (Å²) in [4.78, 5) is 15.1. The van der Waals surface area contributed by atoms with Gasteiger partial charge in [0.2, 0.25) is 5.91 Å². The van der Waals surface area contributed by atoms with Crippen molar-refractivity contribution in [3.05, 3.63) is 71.4 Å². The molecule has 0 bridgehead atoms. The van der Waals surface area contributed by atoms with E-state index in [0.29, 0.717) is 10.7 Å². The Balaban J connectivity index is 1.75. The van der Waals surface area contributed by atoms with E-state index in [0.717, 1.165) is 16.5 Å². The topological polar surface area (TPSA) is 44.9 Å². The SMILES string of the molecule is O=C(/C=C/c1c[nH]c2ccccc12)Nc1cccc(Cl)c1. The zero-order chi connectivity index (χ0) is 14.7. The van der Waals surface area contributed by atoms with Crippen molar-refractivity contribution in [3.63, 3.8) is 0 Å². The first kappa shape index (κ1) is 13.5. The summed E-state index contributed by atoms with van der Waals surface area (Å²) in [5.74, 6) is -0.192. The van der Waals surface area contributed by atoms with E-state index in [-0.39, 0.29) is 5.91 Å². The normalized spacial score (nSPS) is 11.1. The molecule has 1 amide bonds. The van der Waals surface area contributed by atoms with Crippen molar-refractivity contribution in [1.29, 1.82) is 0 Å². The molecular weight excluding hydrogens is 284 g/mol. The molecule has 0 aliphatic heterocycles. The first-order chi connectivity index (χ1) is 10.2. The summed E-state index contributed by atoms with van der Waals surface area (Å²) in [6.45, 7) is 0. The lowest BCUT2D eigenvalue weighted by atomic mass is 10.1. The molecule has 1 heterocycles. The summed E-state index contributed by atoms with van der Waals surface area (Å²) in [5, 5.41) is 4.45. The number of aromatic nitrogens is 1. The summed E-state index contributed by atoms with van der Waals surface area (Å²) in [6.07, 6.45) is 5.18. The van der Waals surface area contributed by atoms with Crippen LogP contribution in [0.15, 0.2) is 60.8 Å². The fourth-order valence-corrected chi connectivity index (χ4v) is 2.34. The van der Waals surface area contributed by atoms with Gasteiger partial charge in [-0.15, -0.1) is 0 Å². The molecule has 0 aliphatic carbocycles. The number of hydrogen-bond donors (Lipinski definition) is 2. The number of halogens is 1. The van der Waals surface area contributed by atoms with E-state index < -0.39 is 0 Å². The molecule has 4 heteroatoms. The van der Waals surface area contributed by atoms with Crippen LogP contribution < -0.4 is 5.32 Å². The zero-order valence-corrected chi connectivity index (χ0v) is 11.9. The molecule has 0 radical (unpaired) electrons. The molecular formula is C17H13ClN2O. The summed E-state index contributed by atoms with van der Waals surface area (Å²) in [6, 6.07) is 15.0. The highest BCUT2D eigenvalue weighted by Gasteiger charge is 2.01. The van der Waals surface area contributed by atoms with E-state index >= 15 is 0 Å². The van der Waals surface area contributed by atoms with Crippen molar-refractivity contribution in [3.8, 4) is 0 Å². The standard InChI is InChI=1S/C17H13ClN2O/c18-13-4-3-5-14(10-13)20-17(21)9-8-12-11-19-16-7-2-1-6-15(12)16/h1-11,19H,(H,20,21)/b9-8+. The highest BCUT2D eigenvalue weighted by molar-refractivity contribution is 6.30. The number of benzene rings is 2. The van der Waals surface area contributed by atoms with Crippen molar-refractivity contribution < 1.29 is 4.79 Å². The molecule has 0 spiro atoms. The molecule has 21 heavy (non-hydrogen) atoms. The first-order valence-corrected chi connectivity index (χ1v) is 6.91. The van der Waals surface area contributed by atoms with Crippen LogP contribution in [0.2, 0.25) is 5.02 Å². The van der Waals surface area contributed by atoms with Gasteiger partial charge in [0, 0.05) is 33.9 Å². The van der Waals surface area contributed by atoms with Crippen LogP contribution in [-0.4, -0.2) is 10.9 Å². The molecule has 104 valence electrons. The van der Waals surface area contributed by atoms with Crippen molar-refractivity contribution >= 4 is 40.2 Å². The van der Waals surface area contributed by atoms with Crippen LogP contribution in [0, 0.1) is 0 Å². The van der Waals surface area contributed by atoms with E-state index in [1.807, 2.05) is 30.5 Å². The van der Waals surface area contributed by atoms with Gasteiger partial charge in [-0.2, -0.15) is 0 Å². The van der Waals surface area contributed by atoms with Gasteiger partial charge in [0.25, 0.3) is 0 Å². The minimum Gasteiger partial charge on any atom is -0.361 e. The van der Waals surface area contributed by atoms with Gasteiger partial charge in [0.05, 0.1) is 0 Å². The van der Waals surface area contributed by atoms with Crippen molar-refractivity contribution in [1.82, 2.24) is 4.98 Å². The Morgan fingerprint density at radius 3 is 2.86 bits per heavy atom. The number of anilines is 1. The van der Waals surface area contributed by atoms with Gasteiger partial charge in [0.1, 0.15) is 0 Å². The second-order valence-electron chi connectivity index (χ2n) is 4.62. The maximum Gasteiger partial charge on any atom is 0.248 e. The van der Waals surface area contributed by atoms with Crippen molar-refractivity contribution in [2.45, 2.75) is 0 Å². The van der Waals surface area contributed by atoms with Gasteiger partial charge in [-0.25, -0.2) is 0 Å². The second kappa shape index (κ2) is 5.85. The summed E-state index contributed by atoms with van der Waals surface area (Å²) in [5.41, 5.74) is 2.70. The third kappa shape index (κ3) is 3.15. The van der Waals surface area contributed by atoms with Gasteiger partial charge in [-0.05, 0) is 35.9 Å². The smallest absolute Gasteiger partial charge is 0.248 e. The molecule has 0 saturated carbocycles. The largest absolute Gasteiger partial charge is 0.361 e. The molecule has 0 saturated heterocycles. The van der Waals surface area contributed by atoms with Crippen LogP contribution in [0.3, 0.4) is 0 Å². The van der Waals surface area contributed by atoms with Crippen LogP contribution in [0.4, 0.5) is 5.69 Å². The number of hydrogen-bond acceptors (Lipinski definition) is 1. The lowest BCUT2D eigenvalue weighted by Gasteiger charge is -2.01. The Morgan fingerprint density at radius 1 is 1.14 bits per heavy atom. The maximum absolute atomic E-state index is 11.9. The first-order valence-electron chi connectivity index (χ1n) is 6.53. The van der Waals surface area contributed by atoms with E-state index in [1.54, 1.807) is 30.3 Å². The average molecular weight is 297 g/mol.